The van der Waals surface area contributed by atoms with E-state index in [1.54, 1.807) is 13.8 Å². The Kier molecular flexibility index (Phi) is 3.22. The third kappa shape index (κ3) is 2.16. The Morgan fingerprint density at radius 1 is 1.42 bits per heavy atom. The van der Waals surface area contributed by atoms with Gasteiger partial charge in [0.1, 0.15) is 11.2 Å². The standard InChI is InChI=1S/C13H19N3O3/c1-7(2)13(19)5-16(6-13)12(18)10-8(3)9(4)14-15-11(10)17/h7,19H,5-6H2,1-4H3,(H,15,17). The van der Waals surface area contributed by atoms with Crippen LogP contribution in [0.25, 0.3) is 0 Å². The summed E-state index contributed by atoms with van der Waals surface area (Å²) < 4.78 is 0. The fraction of sp³-hybridized carbons (Fsp3) is 0.615. The maximum atomic E-state index is 12.3. The summed E-state index contributed by atoms with van der Waals surface area (Å²) >= 11 is 0. The number of carbonyl (C=O) groups excluding carboxylic acids is 1. The molecule has 2 heterocycles. The van der Waals surface area contributed by atoms with Crippen molar-refractivity contribution in [3.05, 3.63) is 27.2 Å². The fourth-order valence-corrected chi connectivity index (χ4v) is 2.16. The fourth-order valence-electron chi connectivity index (χ4n) is 2.16. The second-order valence-electron chi connectivity index (χ2n) is 5.56. The van der Waals surface area contributed by atoms with Crippen LogP contribution in [0.5, 0.6) is 0 Å². The number of β-amino-alcohol motifs (C(OH)–C–C–N with tert-alkyl or cyclic N) is 1. The minimum Gasteiger partial charge on any atom is -0.386 e. The van der Waals surface area contributed by atoms with Crippen LogP contribution in [0.4, 0.5) is 0 Å². The molecule has 0 unspecified atom stereocenters. The summed E-state index contributed by atoms with van der Waals surface area (Å²) in [4.78, 5) is 25.5. The number of amides is 1. The van der Waals surface area contributed by atoms with E-state index < -0.39 is 11.2 Å². The molecule has 6 heteroatoms. The van der Waals surface area contributed by atoms with Crippen LogP contribution < -0.4 is 5.56 Å². The number of H-pyrrole nitrogens is 1. The number of aromatic amines is 1. The van der Waals surface area contributed by atoms with E-state index in [1.165, 1.54) is 4.90 Å². The van der Waals surface area contributed by atoms with Crippen LogP contribution in [0.2, 0.25) is 0 Å². The van der Waals surface area contributed by atoms with Crippen LogP contribution in [0.3, 0.4) is 0 Å². The van der Waals surface area contributed by atoms with Gasteiger partial charge in [0, 0.05) is 0 Å². The molecule has 2 N–H and O–H groups in total. The van der Waals surface area contributed by atoms with Crippen LogP contribution in [0.15, 0.2) is 4.79 Å². The lowest BCUT2D eigenvalue weighted by atomic mass is 9.82. The molecule has 19 heavy (non-hydrogen) atoms. The van der Waals surface area contributed by atoms with Gasteiger partial charge in [-0.3, -0.25) is 9.59 Å². The van der Waals surface area contributed by atoms with Crippen LogP contribution in [-0.4, -0.2) is 44.8 Å². The van der Waals surface area contributed by atoms with E-state index in [0.717, 1.165) is 0 Å². The number of carbonyl (C=O) groups is 1. The Labute approximate surface area is 111 Å². The number of likely N-dealkylation sites (tertiary alicyclic amines) is 1. The maximum absolute atomic E-state index is 12.3. The first kappa shape index (κ1) is 13.7. The van der Waals surface area contributed by atoms with E-state index in [9.17, 15) is 14.7 Å². The van der Waals surface area contributed by atoms with Crippen LogP contribution in [0.1, 0.15) is 35.5 Å². The molecule has 1 aromatic rings. The van der Waals surface area contributed by atoms with Gasteiger partial charge in [0.15, 0.2) is 0 Å². The summed E-state index contributed by atoms with van der Waals surface area (Å²) in [7, 11) is 0. The van der Waals surface area contributed by atoms with Crippen molar-refractivity contribution in [2.45, 2.75) is 33.3 Å². The highest BCUT2D eigenvalue weighted by atomic mass is 16.3. The number of rotatable bonds is 2. The lowest BCUT2D eigenvalue weighted by Gasteiger charge is -2.49. The van der Waals surface area contributed by atoms with Crippen molar-refractivity contribution < 1.29 is 9.90 Å². The van der Waals surface area contributed by atoms with Gasteiger partial charge < -0.3 is 10.0 Å². The number of hydrogen-bond donors (Lipinski definition) is 2. The van der Waals surface area contributed by atoms with Crippen molar-refractivity contribution in [2.24, 2.45) is 5.92 Å². The van der Waals surface area contributed by atoms with Crippen molar-refractivity contribution in [3.8, 4) is 0 Å². The molecule has 0 aliphatic carbocycles. The number of aliphatic hydroxyl groups is 1. The molecular formula is C13H19N3O3. The first-order chi connectivity index (χ1) is 8.76. The number of nitrogens with zero attached hydrogens (tertiary/aromatic N) is 2. The van der Waals surface area contributed by atoms with Gasteiger partial charge in [-0.15, -0.1) is 0 Å². The smallest absolute Gasteiger partial charge is 0.277 e. The number of hydrogen-bond acceptors (Lipinski definition) is 4. The highest BCUT2D eigenvalue weighted by molar-refractivity contribution is 5.96. The third-order valence-electron chi connectivity index (χ3n) is 3.98. The molecule has 1 aromatic heterocycles. The summed E-state index contributed by atoms with van der Waals surface area (Å²) in [5, 5.41) is 16.3. The molecule has 0 spiro atoms. The normalized spacial score (nSPS) is 17.5. The summed E-state index contributed by atoms with van der Waals surface area (Å²) in [6, 6.07) is 0. The molecule has 6 nitrogen and oxygen atoms in total. The van der Waals surface area contributed by atoms with Crippen molar-refractivity contribution in [1.29, 1.82) is 0 Å². The molecule has 1 aliphatic rings. The summed E-state index contributed by atoms with van der Waals surface area (Å²) in [6.07, 6.45) is 0. The number of aryl methyl sites for hydroxylation is 1. The van der Waals surface area contributed by atoms with Gasteiger partial charge in [-0.25, -0.2) is 5.10 Å². The maximum Gasteiger partial charge on any atom is 0.277 e. The van der Waals surface area contributed by atoms with Crippen LogP contribution in [0, 0.1) is 19.8 Å². The molecule has 1 amide bonds. The first-order valence-electron chi connectivity index (χ1n) is 6.34. The van der Waals surface area contributed by atoms with E-state index in [4.69, 9.17) is 0 Å². The monoisotopic (exact) mass is 265 g/mol. The van der Waals surface area contributed by atoms with Crippen molar-refractivity contribution in [1.82, 2.24) is 15.1 Å². The van der Waals surface area contributed by atoms with E-state index in [-0.39, 0.29) is 30.5 Å². The van der Waals surface area contributed by atoms with Gasteiger partial charge in [0.2, 0.25) is 0 Å². The largest absolute Gasteiger partial charge is 0.386 e. The topological polar surface area (TPSA) is 86.3 Å². The average molecular weight is 265 g/mol. The van der Waals surface area contributed by atoms with Crippen molar-refractivity contribution in [3.63, 3.8) is 0 Å². The van der Waals surface area contributed by atoms with Crippen LogP contribution in [-0.2, 0) is 0 Å². The Balaban J connectivity index is 2.25. The summed E-state index contributed by atoms with van der Waals surface area (Å²) in [6.45, 7) is 7.81. The first-order valence-corrected chi connectivity index (χ1v) is 6.34. The zero-order valence-electron chi connectivity index (χ0n) is 11.6. The van der Waals surface area contributed by atoms with Gasteiger partial charge in [0.05, 0.1) is 18.8 Å². The Morgan fingerprint density at radius 3 is 2.53 bits per heavy atom. The number of nitrogens with one attached hydrogen (secondary N) is 1. The summed E-state index contributed by atoms with van der Waals surface area (Å²) in [5.74, 6) is -0.260. The molecule has 0 radical (unpaired) electrons. The van der Waals surface area contributed by atoms with Crippen LogP contribution >= 0.6 is 0 Å². The predicted octanol–water partition coefficient (Wildman–Crippen LogP) is 0.230. The average Bonchev–Trinajstić information content (AvgIpc) is 2.29. The molecule has 0 atom stereocenters. The lowest BCUT2D eigenvalue weighted by molar-refractivity contribution is -0.110. The highest BCUT2D eigenvalue weighted by Gasteiger charge is 2.46. The second-order valence-corrected chi connectivity index (χ2v) is 5.56. The lowest BCUT2D eigenvalue weighted by Crippen LogP contribution is -2.66. The minimum atomic E-state index is -0.835. The zero-order chi connectivity index (χ0) is 14.4. The molecule has 104 valence electrons. The molecule has 1 aliphatic heterocycles. The minimum absolute atomic E-state index is 0.0788. The van der Waals surface area contributed by atoms with Crippen molar-refractivity contribution in [2.75, 3.05) is 13.1 Å². The van der Waals surface area contributed by atoms with Gasteiger partial charge in [-0.05, 0) is 25.3 Å². The van der Waals surface area contributed by atoms with E-state index in [2.05, 4.69) is 10.2 Å². The zero-order valence-corrected chi connectivity index (χ0v) is 11.6. The van der Waals surface area contributed by atoms with Gasteiger partial charge in [-0.1, -0.05) is 13.8 Å². The van der Waals surface area contributed by atoms with Crippen molar-refractivity contribution >= 4 is 5.91 Å². The molecular weight excluding hydrogens is 246 g/mol. The SMILES string of the molecule is Cc1n[nH]c(=O)c(C(=O)N2CC(O)(C(C)C)C2)c1C. The summed E-state index contributed by atoms with van der Waals surface area (Å²) in [5.41, 5.74) is 0.0287. The molecule has 1 fully saturated rings. The van der Waals surface area contributed by atoms with E-state index in [0.29, 0.717) is 11.3 Å². The molecule has 2 rings (SSSR count). The Bertz CT molecular complexity index is 571. The van der Waals surface area contributed by atoms with Gasteiger partial charge >= 0.3 is 0 Å². The highest BCUT2D eigenvalue weighted by Crippen LogP contribution is 2.29. The van der Waals surface area contributed by atoms with Gasteiger partial charge in [0.25, 0.3) is 11.5 Å². The Hall–Kier alpha value is -1.69. The molecule has 0 bridgehead atoms. The number of aromatic nitrogens is 2. The quantitative estimate of drug-likeness (QED) is 0.801. The predicted molar refractivity (Wildman–Crippen MR) is 70.0 cm³/mol. The second kappa shape index (κ2) is 4.45. The van der Waals surface area contributed by atoms with Gasteiger partial charge in [-0.2, -0.15) is 5.10 Å². The van der Waals surface area contributed by atoms with E-state index >= 15 is 0 Å². The van der Waals surface area contributed by atoms with E-state index in [1.807, 2.05) is 13.8 Å². The Morgan fingerprint density at radius 2 is 2.00 bits per heavy atom. The molecule has 0 saturated carbocycles. The third-order valence-corrected chi connectivity index (χ3v) is 3.98. The molecule has 0 aromatic carbocycles. The molecule has 1 saturated heterocycles.